The van der Waals surface area contributed by atoms with Crippen LogP contribution in [0.1, 0.15) is 16.2 Å². The van der Waals surface area contributed by atoms with E-state index in [2.05, 4.69) is 20.6 Å². The summed E-state index contributed by atoms with van der Waals surface area (Å²) in [5.74, 6) is -1.87. The van der Waals surface area contributed by atoms with Gasteiger partial charge in [0.1, 0.15) is 22.9 Å². The number of nitrogens with one attached hydrogen (secondary N) is 3. The third kappa shape index (κ3) is 4.29. The number of urea groups is 1. The number of carbonyl (C=O) groups is 2. The van der Waals surface area contributed by atoms with Crippen LogP contribution >= 0.6 is 0 Å². The number of aromatic nitrogens is 3. The number of anilines is 1. The number of fused-ring (bicyclic) bond motifs is 1. The molecule has 2 aromatic carbocycles. The Morgan fingerprint density at radius 1 is 1.24 bits per heavy atom. The van der Waals surface area contributed by atoms with Gasteiger partial charge >= 0.3 is 12.0 Å². The molecule has 0 unspecified atom stereocenters. The standard InChI is InChI=1S/C21H15FN6O6/c22-13-3-1-2-4-14(13)26-21(32)24-10-18-23-5-6-27(18)16-8-11-7-12(20(30)31)19(29)25-15(11)9-17(16)28(33)34/h1-9H,10H2,(H,25,29)(H,30,31)(H2,24,26,32). The summed E-state index contributed by atoms with van der Waals surface area (Å²) in [4.78, 5) is 52.9. The van der Waals surface area contributed by atoms with Crippen molar-refractivity contribution in [2.24, 2.45) is 0 Å². The van der Waals surface area contributed by atoms with E-state index in [1.54, 1.807) is 6.07 Å². The first-order valence-corrected chi connectivity index (χ1v) is 9.65. The van der Waals surface area contributed by atoms with Crippen LogP contribution in [0, 0.1) is 15.9 Å². The molecule has 0 aliphatic rings. The molecule has 4 N–H and O–H groups in total. The highest BCUT2D eigenvalue weighted by Crippen LogP contribution is 2.29. The van der Waals surface area contributed by atoms with E-state index in [0.29, 0.717) is 0 Å². The Kier molecular flexibility index (Phi) is 5.74. The number of benzene rings is 2. The van der Waals surface area contributed by atoms with E-state index in [-0.39, 0.29) is 40.3 Å². The maximum absolute atomic E-state index is 13.7. The lowest BCUT2D eigenvalue weighted by Crippen LogP contribution is -2.29. The van der Waals surface area contributed by atoms with E-state index < -0.39 is 33.9 Å². The van der Waals surface area contributed by atoms with Crippen molar-refractivity contribution in [2.75, 3.05) is 5.32 Å². The van der Waals surface area contributed by atoms with Gasteiger partial charge in [0.2, 0.25) is 0 Å². The summed E-state index contributed by atoms with van der Waals surface area (Å²) in [6.45, 7) is -0.172. The van der Waals surface area contributed by atoms with Crippen molar-refractivity contribution in [1.82, 2.24) is 19.9 Å². The SMILES string of the molecule is O=C(NCc1nccn1-c1cc2cc(C(=O)O)c(=O)[nH]c2cc1[N+](=O)[O-])Nc1ccccc1F. The number of H-pyrrole nitrogens is 1. The summed E-state index contributed by atoms with van der Waals surface area (Å²) in [7, 11) is 0. The van der Waals surface area contributed by atoms with Gasteiger partial charge < -0.3 is 20.7 Å². The van der Waals surface area contributed by atoms with Gasteiger partial charge in [-0.3, -0.25) is 19.5 Å². The van der Waals surface area contributed by atoms with Crippen molar-refractivity contribution in [3.63, 3.8) is 0 Å². The number of hydrogen-bond acceptors (Lipinski definition) is 6. The van der Waals surface area contributed by atoms with Crippen LogP contribution in [0.3, 0.4) is 0 Å². The minimum atomic E-state index is -1.45. The Labute approximate surface area is 188 Å². The molecule has 0 spiro atoms. The van der Waals surface area contributed by atoms with Crippen molar-refractivity contribution in [2.45, 2.75) is 6.54 Å². The van der Waals surface area contributed by atoms with E-state index >= 15 is 0 Å². The summed E-state index contributed by atoms with van der Waals surface area (Å²) in [5.41, 5.74) is -1.72. The molecular formula is C21H15FN6O6. The number of aromatic amines is 1. The average Bonchev–Trinajstić information content (AvgIpc) is 3.26. The lowest BCUT2D eigenvalue weighted by molar-refractivity contribution is -0.384. The molecule has 2 heterocycles. The van der Waals surface area contributed by atoms with Crippen molar-refractivity contribution < 1.29 is 24.0 Å². The number of carboxylic acid groups (broad SMARTS) is 1. The second-order valence-corrected chi connectivity index (χ2v) is 7.00. The summed E-state index contributed by atoms with van der Waals surface area (Å²) in [5, 5.41) is 26.0. The summed E-state index contributed by atoms with van der Waals surface area (Å²) < 4.78 is 15.1. The van der Waals surface area contributed by atoms with Crippen molar-refractivity contribution in [3.05, 3.63) is 92.5 Å². The molecule has 2 aromatic heterocycles. The summed E-state index contributed by atoms with van der Waals surface area (Å²) >= 11 is 0. The molecule has 13 heteroatoms. The number of halogens is 1. The topological polar surface area (TPSA) is 172 Å². The second-order valence-electron chi connectivity index (χ2n) is 7.00. The van der Waals surface area contributed by atoms with Crippen LogP contribution in [0.4, 0.5) is 20.6 Å². The highest BCUT2D eigenvalue weighted by molar-refractivity contribution is 5.94. The number of carboxylic acids is 1. The van der Waals surface area contributed by atoms with Gasteiger partial charge in [0.25, 0.3) is 11.2 Å². The number of aromatic carboxylic acids is 1. The van der Waals surface area contributed by atoms with Gasteiger partial charge in [-0.25, -0.2) is 19.0 Å². The maximum atomic E-state index is 13.7. The number of rotatable bonds is 6. The monoisotopic (exact) mass is 466 g/mol. The molecule has 0 fully saturated rings. The normalized spacial score (nSPS) is 10.7. The van der Waals surface area contributed by atoms with Gasteiger partial charge in [-0.2, -0.15) is 0 Å². The number of carbonyl (C=O) groups excluding carboxylic acids is 1. The van der Waals surface area contributed by atoms with Crippen molar-refractivity contribution in [3.8, 4) is 5.69 Å². The number of imidazole rings is 1. The first-order chi connectivity index (χ1) is 16.2. The quantitative estimate of drug-likeness (QED) is 0.250. The predicted molar refractivity (Wildman–Crippen MR) is 118 cm³/mol. The van der Waals surface area contributed by atoms with E-state index in [0.717, 1.165) is 12.1 Å². The van der Waals surface area contributed by atoms with E-state index in [1.165, 1.54) is 41.2 Å². The molecule has 12 nitrogen and oxygen atoms in total. The Morgan fingerprint density at radius 3 is 2.71 bits per heavy atom. The molecule has 0 aliphatic carbocycles. The van der Waals surface area contributed by atoms with Crippen LogP contribution < -0.4 is 16.2 Å². The van der Waals surface area contributed by atoms with Crippen molar-refractivity contribution in [1.29, 1.82) is 0 Å². The number of nitro benzene ring substituents is 1. The number of para-hydroxylation sites is 1. The number of pyridine rings is 1. The number of amides is 2. The first-order valence-electron chi connectivity index (χ1n) is 9.65. The molecule has 34 heavy (non-hydrogen) atoms. The van der Waals surface area contributed by atoms with E-state index in [9.17, 15) is 34.0 Å². The number of nitrogens with zero attached hydrogens (tertiary/aromatic N) is 3. The van der Waals surface area contributed by atoms with E-state index in [1.807, 2.05) is 0 Å². The van der Waals surface area contributed by atoms with Gasteiger partial charge in [0, 0.05) is 23.8 Å². The largest absolute Gasteiger partial charge is 0.477 e. The van der Waals surface area contributed by atoms with Gasteiger partial charge in [0.05, 0.1) is 22.7 Å². The minimum Gasteiger partial charge on any atom is -0.477 e. The van der Waals surface area contributed by atoms with Gasteiger partial charge in [0.15, 0.2) is 0 Å². The molecule has 172 valence electrons. The third-order valence-electron chi connectivity index (χ3n) is 4.87. The highest BCUT2D eigenvalue weighted by Gasteiger charge is 2.21. The molecule has 2 amide bonds. The van der Waals surface area contributed by atoms with Crippen LogP contribution in [0.25, 0.3) is 16.6 Å². The first kappa shape index (κ1) is 22.1. The number of hydrogen-bond donors (Lipinski definition) is 4. The highest BCUT2D eigenvalue weighted by atomic mass is 19.1. The fraction of sp³-hybridized carbons (Fsp3) is 0.0476. The molecule has 0 bridgehead atoms. The Hall–Kier alpha value is -5.07. The Morgan fingerprint density at radius 2 is 2.00 bits per heavy atom. The third-order valence-corrected chi connectivity index (χ3v) is 4.87. The summed E-state index contributed by atoms with van der Waals surface area (Å²) in [6.07, 6.45) is 2.78. The molecule has 0 saturated heterocycles. The molecule has 0 radical (unpaired) electrons. The fourth-order valence-corrected chi connectivity index (χ4v) is 3.30. The average molecular weight is 466 g/mol. The molecule has 0 atom stereocenters. The lowest BCUT2D eigenvalue weighted by atomic mass is 10.1. The van der Waals surface area contributed by atoms with Gasteiger partial charge in [-0.15, -0.1) is 0 Å². The molecule has 0 aliphatic heterocycles. The fourth-order valence-electron chi connectivity index (χ4n) is 3.30. The molecule has 4 aromatic rings. The predicted octanol–water partition coefficient (Wildman–Crippen LogP) is 2.78. The van der Waals surface area contributed by atoms with Crippen LogP contribution in [-0.2, 0) is 6.54 Å². The summed E-state index contributed by atoms with van der Waals surface area (Å²) in [6, 6.07) is 8.42. The van der Waals surface area contributed by atoms with Crippen LogP contribution in [0.2, 0.25) is 0 Å². The second kappa shape index (κ2) is 8.82. The zero-order chi connectivity index (χ0) is 24.4. The van der Waals surface area contributed by atoms with E-state index in [4.69, 9.17) is 0 Å². The van der Waals surface area contributed by atoms with Gasteiger partial charge in [-0.1, -0.05) is 12.1 Å². The smallest absolute Gasteiger partial charge is 0.341 e. The zero-order valence-corrected chi connectivity index (χ0v) is 17.1. The molecule has 4 rings (SSSR count). The van der Waals surface area contributed by atoms with Crippen LogP contribution in [0.15, 0.2) is 59.7 Å². The van der Waals surface area contributed by atoms with Crippen LogP contribution in [-0.4, -0.2) is 36.6 Å². The molecular weight excluding hydrogens is 451 g/mol. The van der Waals surface area contributed by atoms with Crippen molar-refractivity contribution >= 4 is 34.3 Å². The molecule has 0 saturated carbocycles. The Bertz CT molecular complexity index is 1510. The van der Waals surface area contributed by atoms with Gasteiger partial charge in [-0.05, 0) is 24.3 Å². The Balaban J connectivity index is 1.67. The maximum Gasteiger partial charge on any atom is 0.341 e. The minimum absolute atomic E-state index is 0.0308. The lowest BCUT2D eigenvalue weighted by Gasteiger charge is -2.12. The number of nitro groups is 1. The zero-order valence-electron chi connectivity index (χ0n) is 17.1. The van der Waals surface area contributed by atoms with Crippen LogP contribution in [0.5, 0.6) is 0 Å².